The van der Waals surface area contributed by atoms with Gasteiger partial charge in [-0.15, -0.1) is 0 Å². The first-order valence-electron chi connectivity index (χ1n) is 12.2. The Balaban J connectivity index is 1.33. The summed E-state index contributed by atoms with van der Waals surface area (Å²) >= 11 is 11.9. The van der Waals surface area contributed by atoms with Gasteiger partial charge in [-0.2, -0.15) is 5.26 Å². The largest absolute Gasteiger partial charge is 0.489 e. The third-order valence-electron chi connectivity index (χ3n) is 6.09. The van der Waals surface area contributed by atoms with E-state index < -0.39 is 11.9 Å². The predicted octanol–water partition coefficient (Wildman–Crippen LogP) is 6.77. The third-order valence-corrected chi connectivity index (χ3v) is 6.57. The summed E-state index contributed by atoms with van der Waals surface area (Å²) in [6, 6.07) is 28.7. The molecule has 0 aromatic heterocycles. The van der Waals surface area contributed by atoms with Gasteiger partial charge in [0.2, 0.25) is 5.88 Å². The van der Waals surface area contributed by atoms with Crippen LogP contribution in [0.4, 0.5) is 0 Å². The number of carbonyl (C=O) groups is 1. The summed E-state index contributed by atoms with van der Waals surface area (Å²) in [7, 11) is 0. The van der Waals surface area contributed by atoms with Crippen LogP contribution in [0.25, 0.3) is 0 Å². The number of carbonyl (C=O) groups excluding carboxylic acids is 1. The van der Waals surface area contributed by atoms with Crippen molar-refractivity contribution >= 4 is 29.2 Å². The molecule has 5 rings (SSSR count). The first kappa shape index (κ1) is 26.9. The summed E-state index contributed by atoms with van der Waals surface area (Å²) in [6.45, 7) is 0.0359. The number of halogens is 2. The zero-order valence-electron chi connectivity index (χ0n) is 21.0. The fourth-order valence-corrected chi connectivity index (χ4v) is 4.54. The second-order valence-corrected chi connectivity index (χ2v) is 9.71. The second kappa shape index (κ2) is 12.0. The van der Waals surface area contributed by atoms with E-state index in [1.807, 2.05) is 36.4 Å². The van der Waals surface area contributed by atoms with Crippen LogP contribution in [0.2, 0.25) is 10.0 Å². The van der Waals surface area contributed by atoms with E-state index in [2.05, 4.69) is 6.07 Å². The Labute approximate surface area is 240 Å². The molecule has 1 atom stereocenters. The maximum Gasteiger partial charge on any atom is 0.349 e. The molecule has 0 spiro atoms. The van der Waals surface area contributed by atoms with Crippen molar-refractivity contribution in [3.05, 3.63) is 129 Å². The Morgan fingerprint density at radius 1 is 0.875 bits per heavy atom. The minimum Gasteiger partial charge on any atom is -0.489 e. The van der Waals surface area contributed by atoms with Gasteiger partial charge in [-0.25, -0.2) is 4.79 Å². The molecule has 1 unspecified atom stereocenters. The topological polar surface area (TPSA) is 104 Å². The fourth-order valence-electron chi connectivity index (χ4n) is 4.23. The zero-order valence-corrected chi connectivity index (χ0v) is 22.5. The molecule has 1 heterocycles. The van der Waals surface area contributed by atoms with Gasteiger partial charge in [-0.1, -0.05) is 59.6 Å². The van der Waals surface area contributed by atoms with Crippen molar-refractivity contribution in [1.29, 1.82) is 5.26 Å². The molecule has 7 nitrogen and oxygen atoms in total. The average Bonchev–Trinajstić information content (AvgIpc) is 2.95. The van der Waals surface area contributed by atoms with E-state index in [0.29, 0.717) is 39.5 Å². The smallest absolute Gasteiger partial charge is 0.349 e. The summed E-state index contributed by atoms with van der Waals surface area (Å²) in [5.74, 6) is 0.535. The number of nitrogens with two attached hydrogens (primary N) is 1. The maximum atomic E-state index is 12.4. The van der Waals surface area contributed by atoms with E-state index in [1.54, 1.807) is 54.6 Å². The van der Waals surface area contributed by atoms with E-state index in [1.165, 1.54) is 0 Å². The summed E-state index contributed by atoms with van der Waals surface area (Å²) in [5.41, 5.74) is 8.86. The standard InChI is InChI=1S/C31H22Cl2N2O5/c32-21-9-7-19(8-10-21)17-37-23-5-1-3-20(13-23)30-26-12-11-25(15-28(26)40-31(35)27(30)16-34)39-29(36)18-38-24-6-2-4-22(33)14-24/h1-15,30H,17-18,35H2. The van der Waals surface area contributed by atoms with Crippen molar-refractivity contribution in [3.8, 4) is 29.1 Å². The fraction of sp³-hybridized carbons (Fsp3) is 0.0968. The minimum atomic E-state index is -0.612. The highest BCUT2D eigenvalue weighted by atomic mass is 35.5. The van der Waals surface area contributed by atoms with Crippen LogP contribution in [0.15, 0.2) is 102 Å². The molecule has 0 saturated carbocycles. The van der Waals surface area contributed by atoms with Crippen LogP contribution in [0.3, 0.4) is 0 Å². The Morgan fingerprint density at radius 2 is 1.62 bits per heavy atom. The first-order chi connectivity index (χ1) is 19.4. The monoisotopic (exact) mass is 572 g/mol. The number of esters is 1. The molecule has 1 aliphatic heterocycles. The van der Waals surface area contributed by atoms with Gasteiger partial charge in [0.05, 0.1) is 5.92 Å². The van der Waals surface area contributed by atoms with Crippen LogP contribution in [0, 0.1) is 11.3 Å². The molecule has 4 aromatic rings. The van der Waals surface area contributed by atoms with Crippen LogP contribution in [-0.4, -0.2) is 12.6 Å². The molecule has 0 radical (unpaired) electrons. The van der Waals surface area contributed by atoms with Gasteiger partial charge in [0.15, 0.2) is 6.61 Å². The predicted molar refractivity (Wildman–Crippen MR) is 151 cm³/mol. The van der Waals surface area contributed by atoms with E-state index in [0.717, 1.165) is 11.1 Å². The van der Waals surface area contributed by atoms with Crippen LogP contribution >= 0.6 is 23.2 Å². The normalized spacial score (nSPS) is 14.0. The maximum absolute atomic E-state index is 12.4. The molecule has 0 fully saturated rings. The van der Waals surface area contributed by atoms with Crippen molar-refractivity contribution in [2.45, 2.75) is 12.5 Å². The van der Waals surface area contributed by atoms with E-state index in [-0.39, 0.29) is 23.8 Å². The molecular formula is C31H22Cl2N2O5. The molecule has 0 aliphatic carbocycles. The zero-order chi connectivity index (χ0) is 28.1. The van der Waals surface area contributed by atoms with Gasteiger partial charge in [0.25, 0.3) is 0 Å². The van der Waals surface area contributed by atoms with Crippen molar-refractivity contribution in [2.75, 3.05) is 6.61 Å². The molecule has 40 heavy (non-hydrogen) atoms. The highest BCUT2D eigenvalue weighted by Crippen LogP contribution is 2.44. The van der Waals surface area contributed by atoms with Gasteiger partial charge in [-0.05, 0) is 59.7 Å². The van der Waals surface area contributed by atoms with Gasteiger partial charge in [0.1, 0.15) is 41.2 Å². The van der Waals surface area contributed by atoms with E-state index in [4.69, 9.17) is 47.9 Å². The Morgan fingerprint density at radius 3 is 2.38 bits per heavy atom. The molecular weight excluding hydrogens is 551 g/mol. The molecule has 0 bridgehead atoms. The lowest BCUT2D eigenvalue weighted by molar-refractivity contribution is -0.136. The number of rotatable bonds is 8. The van der Waals surface area contributed by atoms with Crippen molar-refractivity contribution < 1.29 is 23.7 Å². The highest BCUT2D eigenvalue weighted by molar-refractivity contribution is 6.30. The van der Waals surface area contributed by atoms with Gasteiger partial charge in [0, 0.05) is 21.7 Å². The lowest BCUT2D eigenvalue weighted by Crippen LogP contribution is -2.21. The number of nitriles is 1. The van der Waals surface area contributed by atoms with Gasteiger partial charge in [-0.3, -0.25) is 0 Å². The lowest BCUT2D eigenvalue weighted by atomic mass is 9.83. The number of fused-ring (bicyclic) bond motifs is 1. The highest BCUT2D eigenvalue weighted by Gasteiger charge is 2.31. The average molecular weight is 573 g/mol. The second-order valence-electron chi connectivity index (χ2n) is 8.83. The summed E-state index contributed by atoms with van der Waals surface area (Å²) < 4.78 is 22.6. The third kappa shape index (κ3) is 6.32. The Kier molecular flexibility index (Phi) is 8.11. The summed E-state index contributed by atoms with van der Waals surface area (Å²) in [5, 5.41) is 11.1. The lowest BCUT2D eigenvalue weighted by Gasteiger charge is -2.27. The van der Waals surface area contributed by atoms with Crippen LogP contribution in [0.5, 0.6) is 23.0 Å². The van der Waals surface area contributed by atoms with Crippen molar-refractivity contribution in [2.24, 2.45) is 5.73 Å². The molecule has 1 aliphatic rings. The van der Waals surface area contributed by atoms with Crippen LogP contribution in [0.1, 0.15) is 22.6 Å². The van der Waals surface area contributed by atoms with E-state index in [9.17, 15) is 10.1 Å². The van der Waals surface area contributed by atoms with Crippen LogP contribution in [-0.2, 0) is 11.4 Å². The van der Waals surface area contributed by atoms with E-state index >= 15 is 0 Å². The van der Waals surface area contributed by atoms with Crippen LogP contribution < -0.4 is 24.7 Å². The molecule has 4 aromatic carbocycles. The number of benzene rings is 4. The summed E-state index contributed by atoms with van der Waals surface area (Å²) in [6.07, 6.45) is 0. The van der Waals surface area contributed by atoms with Crippen molar-refractivity contribution in [3.63, 3.8) is 0 Å². The molecule has 200 valence electrons. The number of allylic oxidation sites excluding steroid dienone is 1. The first-order valence-corrected chi connectivity index (χ1v) is 12.9. The molecule has 2 N–H and O–H groups in total. The van der Waals surface area contributed by atoms with Gasteiger partial charge >= 0.3 is 5.97 Å². The molecule has 0 saturated heterocycles. The number of ether oxygens (including phenoxy) is 4. The quantitative estimate of drug-likeness (QED) is 0.183. The molecule has 9 heteroatoms. The molecule has 0 amide bonds. The number of hydrogen-bond donors (Lipinski definition) is 1. The van der Waals surface area contributed by atoms with Crippen molar-refractivity contribution in [1.82, 2.24) is 0 Å². The summed E-state index contributed by atoms with van der Waals surface area (Å²) in [4.78, 5) is 12.4. The number of nitrogens with zero attached hydrogens (tertiary/aromatic N) is 1. The minimum absolute atomic E-state index is 0.0275. The van der Waals surface area contributed by atoms with Gasteiger partial charge < -0.3 is 24.7 Å². The Bertz CT molecular complexity index is 1630. The number of hydrogen-bond acceptors (Lipinski definition) is 7. The Hall–Kier alpha value is -4.64. The SMILES string of the molecule is N#CC1=C(N)Oc2cc(OC(=O)COc3cccc(Cl)c3)ccc2C1c1cccc(OCc2ccc(Cl)cc2)c1.